The van der Waals surface area contributed by atoms with Gasteiger partial charge in [-0.15, -0.1) is 0 Å². The quantitative estimate of drug-likeness (QED) is 0.885. The molecule has 1 aromatic rings. The molecule has 1 amide bonds. The first-order chi connectivity index (χ1) is 9.12. The Labute approximate surface area is 114 Å². The summed E-state index contributed by atoms with van der Waals surface area (Å²) in [5.74, 6) is 0.131. The minimum absolute atomic E-state index is 0.131. The van der Waals surface area contributed by atoms with Crippen molar-refractivity contribution >= 4 is 5.91 Å². The van der Waals surface area contributed by atoms with E-state index in [4.69, 9.17) is 5.73 Å². The summed E-state index contributed by atoms with van der Waals surface area (Å²) in [6.45, 7) is 0. The fourth-order valence-corrected chi connectivity index (χ4v) is 3.65. The first-order valence-corrected chi connectivity index (χ1v) is 7.26. The van der Waals surface area contributed by atoms with Crippen molar-refractivity contribution in [3.05, 3.63) is 35.4 Å². The van der Waals surface area contributed by atoms with Crippen LogP contribution in [-0.2, 0) is 11.2 Å². The lowest BCUT2D eigenvalue weighted by Crippen LogP contribution is -2.53. The van der Waals surface area contributed by atoms with Gasteiger partial charge in [-0.25, -0.2) is 0 Å². The van der Waals surface area contributed by atoms with Gasteiger partial charge in [0.2, 0.25) is 5.91 Å². The number of benzene rings is 1. The van der Waals surface area contributed by atoms with Gasteiger partial charge in [-0.2, -0.15) is 0 Å². The summed E-state index contributed by atoms with van der Waals surface area (Å²) in [5.41, 5.74) is 8.38. The molecule has 1 fully saturated rings. The third-order valence-corrected chi connectivity index (χ3v) is 4.81. The molecule has 1 aromatic carbocycles. The number of amides is 1. The van der Waals surface area contributed by atoms with Gasteiger partial charge in [0.05, 0.1) is 11.6 Å². The third-order valence-electron chi connectivity index (χ3n) is 4.81. The van der Waals surface area contributed by atoms with E-state index in [9.17, 15) is 4.79 Å². The van der Waals surface area contributed by atoms with Gasteiger partial charge in [0.1, 0.15) is 0 Å². The van der Waals surface area contributed by atoms with E-state index in [1.807, 2.05) is 11.9 Å². The summed E-state index contributed by atoms with van der Waals surface area (Å²) in [5, 5.41) is 0. The van der Waals surface area contributed by atoms with Crippen molar-refractivity contribution in [3.63, 3.8) is 0 Å². The number of aryl methyl sites for hydroxylation is 1. The highest BCUT2D eigenvalue weighted by atomic mass is 16.2. The first-order valence-electron chi connectivity index (χ1n) is 7.26. The largest absolute Gasteiger partial charge is 0.337 e. The number of nitrogens with zero attached hydrogens (tertiary/aromatic N) is 1. The maximum absolute atomic E-state index is 12.7. The SMILES string of the molecule is CN(C(=O)C1(N)CCCC1)C1CCc2ccccc21. The minimum atomic E-state index is -0.605. The molecule has 3 rings (SSSR count). The highest BCUT2D eigenvalue weighted by Crippen LogP contribution is 2.37. The Morgan fingerprint density at radius 2 is 2.00 bits per heavy atom. The second-order valence-corrected chi connectivity index (χ2v) is 6.03. The number of nitrogens with two attached hydrogens (primary N) is 1. The zero-order valence-corrected chi connectivity index (χ0v) is 11.6. The normalized spacial score (nSPS) is 24.2. The summed E-state index contributed by atoms with van der Waals surface area (Å²) in [7, 11) is 1.92. The number of carbonyl (C=O) groups is 1. The van der Waals surface area contributed by atoms with Gasteiger partial charge in [0.15, 0.2) is 0 Å². The Morgan fingerprint density at radius 3 is 2.74 bits per heavy atom. The molecule has 0 saturated heterocycles. The van der Waals surface area contributed by atoms with E-state index in [1.165, 1.54) is 11.1 Å². The number of hydrogen-bond donors (Lipinski definition) is 1. The van der Waals surface area contributed by atoms with E-state index < -0.39 is 5.54 Å². The molecule has 0 spiro atoms. The van der Waals surface area contributed by atoms with Crippen LogP contribution in [0.1, 0.15) is 49.3 Å². The lowest BCUT2D eigenvalue weighted by Gasteiger charge is -2.33. The van der Waals surface area contributed by atoms with Crippen molar-refractivity contribution in [3.8, 4) is 0 Å². The lowest BCUT2D eigenvalue weighted by atomic mass is 9.95. The van der Waals surface area contributed by atoms with Crippen molar-refractivity contribution in [2.24, 2.45) is 5.73 Å². The molecule has 1 unspecified atom stereocenters. The van der Waals surface area contributed by atoms with Crippen LogP contribution >= 0.6 is 0 Å². The van der Waals surface area contributed by atoms with Gasteiger partial charge in [-0.1, -0.05) is 37.1 Å². The van der Waals surface area contributed by atoms with Crippen LogP contribution in [0.3, 0.4) is 0 Å². The number of carbonyl (C=O) groups excluding carboxylic acids is 1. The second-order valence-electron chi connectivity index (χ2n) is 6.03. The standard InChI is InChI=1S/C16H22N2O/c1-18(15(19)16(17)10-4-5-11-16)14-9-8-12-6-2-3-7-13(12)14/h2-3,6-7,14H,4-5,8-11,17H2,1H3. The Balaban J connectivity index is 1.82. The van der Waals surface area contributed by atoms with Crippen molar-refractivity contribution in [2.45, 2.75) is 50.1 Å². The van der Waals surface area contributed by atoms with E-state index in [0.717, 1.165) is 38.5 Å². The maximum atomic E-state index is 12.7. The Morgan fingerprint density at radius 1 is 1.32 bits per heavy atom. The average molecular weight is 258 g/mol. The molecule has 2 aliphatic carbocycles. The molecule has 1 saturated carbocycles. The van der Waals surface area contributed by atoms with Crippen LogP contribution in [0.5, 0.6) is 0 Å². The fraction of sp³-hybridized carbons (Fsp3) is 0.562. The van der Waals surface area contributed by atoms with Gasteiger partial charge in [-0.3, -0.25) is 4.79 Å². The third kappa shape index (κ3) is 2.06. The molecule has 102 valence electrons. The predicted octanol–water partition coefficient (Wildman–Crippen LogP) is 2.40. The van der Waals surface area contributed by atoms with Crippen LogP contribution in [0.15, 0.2) is 24.3 Å². The van der Waals surface area contributed by atoms with Gasteiger partial charge in [0.25, 0.3) is 0 Å². The molecular weight excluding hydrogens is 236 g/mol. The summed E-state index contributed by atoms with van der Waals surface area (Å²) >= 11 is 0. The Hall–Kier alpha value is -1.35. The molecule has 1 atom stereocenters. The maximum Gasteiger partial charge on any atom is 0.242 e. The molecule has 3 nitrogen and oxygen atoms in total. The average Bonchev–Trinajstić information content (AvgIpc) is 3.04. The van der Waals surface area contributed by atoms with Gasteiger partial charge < -0.3 is 10.6 Å². The van der Waals surface area contributed by atoms with Crippen molar-refractivity contribution in [1.82, 2.24) is 4.90 Å². The van der Waals surface area contributed by atoms with Crippen LogP contribution < -0.4 is 5.73 Å². The van der Waals surface area contributed by atoms with Gasteiger partial charge in [0, 0.05) is 7.05 Å². The number of hydrogen-bond acceptors (Lipinski definition) is 2. The predicted molar refractivity (Wildman–Crippen MR) is 75.7 cm³/mol. The summed E-state index contributed by atoms with van der Waals surface area (Å²) in [6.07, 6.45) is 5.93. The topological polar surface area (TPSA) is 46.3 Å². The van der Waals surface area contributed by atoms with Crippen LogP contribution in [0.2, 0.25) is 0 Å². The minimum Gasteiger partial charge on any atom is -0.337 e. The monoisotopic (exact) mass is 258 g/mol. The molecule has 0 bridgehead atoms. The molecule has 0 heterocycles. The highest BCUT2D eigenvalue weighted by molar-refractivity contribution is 5.86. The van der Waals surface area contributed by atoms with Crippen LogP contribution in [0.25, 0.3) is 0 Å². The van der Waals surface area contributed by atoms with Crippen LogP contribution in [0.4, 0.5) is 0 Å². The number of rotatable bonds is 2. The highest BCUT2D eigenvalue weighted by Gasteiger charge is 2.41. The number of likely N-dealkylation sites (N-methyl/N-ethyl adjacent to an activating group) is 1. The Kier molecular flexibility index (Phi) is 3.09. The van der Waals surface area contributed by atoms with Crippen molar-refractivity contribution < 1.29 is 4.79 Å². The zero-order chi connectivity index (χ0) is 13.5. The molecule has 2 aliphatic rings. The summed E-state index contributed by atoms with van der Waals surface area (Å²) in [4.78, 5) is 14.6. The number of fused-ring (bicyclic) bond motifs is 1. The molecular formula is C16H22N2O. The first kappa shape index (κ1) is 12.7. The van der Waals surface area contributed by atoms with Gasteiger partial charge >= 0.3 is 0 Å². The van der Waals surface area contributed by atoms with Crippen molar-refractivity contribution in [2.75, 3.05) is 7.05 Å². The van der Waals surface area contributed by atoms with E-state index in [-0.39, 0.29) is 11.9 Å². The van der Waals surface area contributed by atoms with E-state index in [1.54, 1.807) is 0 Å². The van der Waals surface area contributed by atoms with Crippen LogP contribution in [0, 0.1) is 0 Å². The molecule has 19 heavy (non-hydrogen) atoms. The summed E-state index contributed by atoms with van der Waals surface area (Å²) < 4.78 is 0. The molecule has 0 aliphatic heterocycles. The summed E-state index contributed by atoms with van der Waals surface area (Å²) in [6, 6.07) is 8.66. The molecule has 0 aromatic heterocycles. The van der Waals surface area contributed by atoms with E-state index in [2.05, 4.69) is 24.3 Å². The lowest BCUT2D eigenvalue weighted by molar-refractivity contribution is -0.137. The van der Waals surface area contributed by atoms with E-state index in [0.29, 0.717) is 0 Å². The molecule has 2 N–H and O–H groups in total. The molecule has 0 radical (unpaired) electrons. The van der Waals surface area contributed by atoms with Crippen LogP contribution in [-0.4, -0.2) is 23.4 Å². The smallest absolute Gasteiger partial charge is 0.242 e. The fourth-order valence-electron chi connectivity index (χ4n) is 3.65. The second kappa shape index (κ2) is 4.64. The molecule has 3 heteroatoms. The van der Waals surface area contributed by atoms with Crippen molar-refractivity contribution in [1.29, 1.82) is 0 Å². The zero-order valence-electron chi connectivity index (χ0n) is 11.6. The Bertz CT molecular complexity index is 491. The van der Waals surface area contributed by atoms with E-state index >= 15 is 0 Å². The van der Waals surface area contributed by atoms with Gasteiger partial charge in [-0.05, 0) is 36.8 Å².